The maximum atomic E-state index is 13.5. The van der Waals surface area contributed by atoms with Crippen LogP contribution in [0.15, 0.2) is 142 Å². The molecule has 2 aromatic carbocycles. The van der Waals surface area contributed by atoms with Crippen LogP contribution in [0, 0.1) is 13.8 Å². The number of nitrogens with one attached hydrogen (secondary N) is 3. The van der Waals surface area contributed by atoms with E-state index in [1.165, 1.54) is 160 Å². The summed E-state index contributed by atoms with van der Waals surface area (Å²) in [6, 6.07) is 14.6. The molecule has 0 aliphatic carbocycles. The summed E-state index contributed by atoms with van der Waals surface area (Å²) < 4.78 is 122. The Morgan fingerprint density at radius 2 is 1.11 bits per heavy atom. The van der Waals surface area contributed by atoms with Crippen molar-refractivity contribution in [1.82, 2.24) is 83.6 Å². The van der Waals surface area contributed by atoms with Gasteiger partial charge < -0.3 is 54.9 Å². The van der Waals surface area contributed by atoms with E-state index in [1.54, 1.807) is 67.3 Å². The van der Waals surface area contributed by atoms with Gasteiger partial charge in [0.15, 0.2) is 34.7 Å². The van der Waals surface area contributed by atoms with E-state index in [0.29, 0.717) is 45.5 Å². The highest BCUT2D eigenvalue weighted by Crippen LogP contribution is 2.38. The average molecular weight is 1430 g/mol. The average Bonchev–Trinajstić information content (AvgIpc) is 1.73. The maximum Gasteiger partial charge on any atom is 0.439 e. The van der Waals surface area contributed by atoms with Crippen LogP contribution in [-0.4, -0.2) is 169 Å². The molecule has 1 fully saturated rings. The van der Waals surface area contributed by atoms with Crippen LogP contribution >= 0.6 is 0 Å². The third-order valence-electron chi connectivity index (χ3n) is 15.3. The van der Waals surface area contributed by atoms with E-state index in [1.807, 2.05) is 0 Å². The highest BCUT2D eigenvalue weighted by Gasteiger charge is 2.37. The number of carbonyl (C=O) groups excluding carboxylic acids is 1. The molecule has 2 aliphatic rings. The number of amidine groups is 2. The molecular formula is C65H66F6N22O10. The number of aryl methyl sites for hydroxylation is 2. The van der Waals surface area contributed by atoms with E-state index in [9.17, 15) is 41.1 Å². The van der Waals surface area contributed by atoms with Crippen molar-refractivity contribution in [2.45, 2.75) is 58.3 Å². The molecule has 0 amide bonds. The quantitative estimate of drug-likeness (QED) is 0.0197. The number of hydrogen-bond acceptors (Lipinski definition) is 26. The van der Waals surface area contributed by atoms with Crippen molar-refractivity contribution in [3.63, 3.8) is 0 Å². The molecule has 13 rings (SSSR count). The number of ether oxygens (including phenoxy) is 6. The molecule has 0 radical (unpaired) electrons. The summed E-state index contributed by atoms with van der Waals surface area (Å²) in [5, 5.41) is 29.4. The number of hydrogen-bond donors (Lipinski definition) is 5. The first-order valence-corrected chi connectivity index (χ1v) is 31.0. The molecule has 0 bridgehead atoms. The lowest BCUT2D eigenvalue weighted by Gasteiger charge is -2.27. The van der Waals surface area contributed by atoms with Crippen molar-refractivity contribution in [3.8, 4) is 80.0 Å². The van der Waals surface area contributed by atoms with Gasteiger partial charge in [0.1, 0.15) is 35.7 Å². The maximum absolute atomic E-state index is 13.5. The number of pyridine rings is 2. The highest BCUT2D eigenvalue weighted by atomic mass is 19.4. The van der Waals surface area contributed by atoms with Gasteiger partial charge in [-0.25, -0.2) is 48.9 Å². The summed E-state index contributed by atoms with van der Waals surface area (Å²) in [6.07, 6.45) is 12.0. The first kappa shape index (κ1) is 72.8. The van der Waals surface area contributed by atoms with Gasteiger partial charge in [-0.2, -0.15) is 46.5 Å². The molecule has 0 spiro atoms. The van der Waals surface area contributed by atoms with Crippen molar-refractivity contribution < 1.29 is 69.3 Å². The van der Waals surface area contributed by atoms with Gasteiger partial charge in [0.05, 0.1) is 59.6 Å². The van der Waals surface area contributed by atoms with Crippen LogP contribution in [0.5, 0.6) is 34.8 Å². The molecule has 0 atom stereocenters. The lowest BCUT2D eigenvalue weighted by Crippen LogP contribution is -2.34. The number of H-pyrrole nitrogens is 1. The molecule has 32 nitrogen and oxygen atoms in total. The molecule has 9 aromatic heterocycles. The number of alkyl halides is 6. The monoisotopic (exact) mass is 1430 g/mol. The van der Waals surface area contributed by atoms with Crippen LogP contribution in [0.3, 0.4) is 0 Å². The third kappa shape index (κ3) is 17.7. The number of aromatic amines is 1. The number of carbonyl (C=O) groups is 1. The van der Waals surface area contributed by atoms with Gasteiger partial charge in [0, 0.05) is 157 Å². The predicted molar refractivity (Wildman–Crippen MR) is 359 cm³/mol. The number of benzene rings is 2. The van der Waals surface area contributed by atoms with Crippen LogP contribution < -0.4 is 50.5 Å². The summed E-state index contributed by atoms with van der Waals surface area (Å²) in [5.41, 5.74) is 6.51. The molecule has 11 aromatic rings. The number of rotatable bonds is 16. The van der Waals surface area contributed by atoms with Gasteiger partial charge in [0.25, 0.3) is 0 Å². The fraction of sp³-hybridized carbons (Fsp3) is 0.277. The molecule has 103 heavy (non-hydrogen) atoms. The number of fused-ring (bicyclic) bond motifs is 1. The summed E-state index contributed by atoms with van der Waals surface area (Å²) >= 11 is 0. The molecule has 11 heterocycles. The number of oxime groups is 1. The van der Waals surface area contributed by atoms with Gasteiger partial charge in [-0.15, -0.1) is 0 Å². The number of aromatic nitrogens is 16. The second-order valence-electron chi connectivity index (χ2n) is 22.1. The van der Waals surface area contributed by atoms with Gasteiger partial charge in [-0.1, -0.05) is 16.7 Å². The van der Waals surface area contributed by atoms with E-state index in [4.69, 9.17) is 34.2 Å². The summed E-state index contributed by atoms with van der Waals surface area (Å²) in [4.78, 5) is 66.1. The van der Waals surface area contributed by atoms with E-state index in [0.717, 1.165) is 28.0 Å². The number of nitrogens with zero attached hydrogens (tertiary/aromatic N) is 18. The van der Waals surface area contributed by atoms with Gasteiger partial charge in [-0.3, -0.25) is 23.6 Å². The molecule has 0 saturated carbocycles. The topological polar surface area (TPSA) is 378 Å². The zero-order valence-corrected chi connectivity index (χ0v) is 56.2. The molecule has 1 saturated heterocycles. The van der Waals surface area contributed by atoms with Crippen molar-refractivity contribution in [2.24, 2.45) is 15.9 Å². The zero-order chi connectivity index (χ0) is 73.5. The Bertz CT molecular complexity index is 4780. The Kier molecular flexibility index (Phi) is 22.9. The Morgan fingerprint density at radius 1 is 0.612 bits per heavy atom. The molecule has 0 unspecified atom stereocenters. The first-order valence-electron chi connectivity index (χ1n) is 31.0. The molecule has 2 aliphatic heterocycles. The first-order chi connectivity index (χ1) is 49.5. The van der Waals surface area contributed by atoms with E-state index < -0.39 is 29.5 Å². The number of aliphatic imine (C=N–C) groups is 1. The van der Waals surface area contributed by atoms with Crippen molar-refractivity contribution in [3.05, 3.63) is 162 Å². The SMILES string of the molecule is C1CCC2=NCCCN2CC1.COc1cc(Nc2ncc(-c3cnc(OC)c(-c4noc(=O)[nH]4)c3)c(-n3nc(C(F)(F)F)cc3C)n2)cc(OC)c1.COc1cc(Nc2ncc(-c3cnc(OC)c(/C(N)=N/O)c3)c(-n3nc(C(F)(F)F)cc3C)n2)cc(OC)c1.O=C(n1ccnc1)n1ccnc1. The Hall–Kier alpha value is -12.9. The molecule has 6 N–H and O–H groups in total. The van der Waals surface area contributed by atoms with Crippen LogP contribution in [0.25, 0.3) is 45.3 Å². The van der Waals surface area contributed by atoms with Gasteiger partial charge in [-0.05, 0) is 57.4 Å². The van der Waals surface area contributed by atoms with Crippen molar-refractivity contribution >= 4 is 41.0 Å². The van der Waals surface area contributed by atoms with E-state index >= 15 is 0 Å². The van der Waals surface area contributed by atoms with Gasteiger partial charge in [0.2, 0.25) is 23.7 Å². The summed E-state index contributed by atoms with van der Waals surface area (Å²) in [5.74, 6) is 2.59. The summed E-state index contributed by atoms with van der Waals surface area (Å²) in [6.45, 7) is 6.53. The standard InChI is InChI=1S/C25H21F3N8O5.C24H23F3N8O4.C9H16N2.C7H6N4O/c1-12-5-19(25(26,27)28)34-36(12)21-18(13-6-17(22(40-4)29-10-13)20-32-24(37)41-35-20)11-30-23(33-21)31-14-7-15(38-2)9-16(8-14)39-3;1-12-5-19(24(25,26)27)33-35(12)21-18(13-6-17(20(28)34-36)22(39-4)29-10-13)11-30-23(32-21)31-14-7-15(37-2)9-16(8-14)38-3;1-2-5-9-10-6-4-8-11(9)7-3-1;12-7(10-3-1-8-5-10)11-4-2-9-6-11/h5-11H,1-4H3,(H,30,31,33)(H,32,35,37);5-11,36H,1-4H3,(H2,28,34)(H,30,31,32);1-8H2;1-6H. The minimum Gasteiger partial charge on any atom is -0.497 e. The van der Waals surface area contributed by atoms with E-state index in [2.05, 4.69) is 90.4 Å². The molecule has 538 valence electrons. The lowest BCUT2D eigenvalue weighted by molar-refractivity contribution is -0.142. The Labute approximate surface area is 580 Å². The normalized spacial score (nSPS) is 12.9. The fourth-order valence-electron chi connectivity index (χ4n) is 10.4. The minimum absolute atomic E-state index is 0.00721. The Morgan fingerprint density at radius 3 is 1.54 bits per heavy atom. The number of halogens is 6. The summed E-state index contributed by atoms with van der Waals surface area (Å²) in [7, 11) is 8.69. The van der Waals surface area contributed by atoms with E-state index in [-0.39, 0.29) is 86.6 Å². The number of methoxy groups -OCH3 is 6. The van der Waals surface area contributed by atoms with Gasteiger partial charge >= 0.3 is 24.1 Å². The zero-order valence-electron chi connectivity index (χ0n) is 56.2. The highest BCUT2D eigenvalue weighted by molar-refractivity contribution is 6.00. The van der Waals surface area contributed by atoms with Crippen LogP contribution in [0.2, 0.25) is 0 Å². The second kappa shape index (κ2) is 32.4. The van der Waals surface area contributed by atoms with Crippen molar-refractivity contribution in [1.29, 1.82) is 0 Å². The van der Waals surface area contributed by atoms with Crippen LogP contribution in [0.1, 0.15) is 60.4 Å². The predicted octanol–water partition coefficient (Wildman–Crippen LogP) is 10.3. The minimum atomic E-state index is -4.69. The largest absolute Gasteiger partial charge is 0.497 e. The van der Waals surface area contributed by atoms with Crippen molar-refractivity contribution in [2.75, 3.05) is 72.9 Å². The molecule has 38 heteroatoms. The Balaban J connectivity index is 0.000000169. The number of imidazole rings is 2. The lowest BCUT2D eigenvalue weighted by atomic mass is 10.1. The fourth-order valence-corrected chi connectivity index (χ4v) is 10.4. The van der Waals surface area contributed by atoms with Crippen LogP contribution in [-0.2, 0) is 12.4 Å². The smallest absolute Gasteiger partial charge is 0.439 e. The molecular weight excluding hydrogens is 1360 g/mol. The van der Waals surface area contributed by atoms with Crippen LogP contribution in [0.4, 0.5) is 54.4 Å². The second-order valence-corrected chi connectivity index (χ2v) is 22.1. The third-order valence-corrected chi connectivity index (χ3v) is 15.3. The number of nitrogens with two attached hydrogens (primary N) is 1. The number of anilines is 4.